The molecule has 0 aromatic rings. The van der Waals surface area contributed by atoms with Gasteiger partial charge in [0.2, 0.25) is 0 Å². The van der Waals surface area contributed by atoms with Crippen molar-refractivity contribution in [2.45, 2.75) is 19.8 Å². The van der Waals surface area contributed by atoms with Gasteiger partial charge in [-0.2, -0.15) is 0 Å². The summed E-state index contributed by atoms with van der Waals surface area (Å²) in [7, 11) is 1.62. The van der Waals surface area contributed by atoms with Gasteiger partial charge in [0.1, 0.15) is 5.76 Å². The smallest absolute Gasteiger partial charge is 0.121 e. The first-order valence-corrected chi connectivity index (χ1v) is 3.37. The van der Waals surface area contributed by atoms with Crippen LogP contribution in [0.1, 0.15) is 19.8 Å². The molecule has 0 amide bonds. The fraction of sp³-hybridized carbons (Fsp3) is 0.500. The summed E-state index contributed by atoms with van der Waals surface area (Å²) >= 11 is 0. The zero-order valence-corrected chi connectivity index (χ0v) is 6.35. The molecule has 0 aliphatic heterocycles. The third-order valence-electron chi connectivity index (χ3n) is 1.69. The normalized spacial score (nSPS) is 18.8. The minimum absolute atomic E-state index is 0.419. The van der Waals surface area contributed by atoms with Crippen LogP contribution >= 0.6 is 0 Å². The predicted molar refractivity (Wildman–Crippen MR) is 39.7 cm³/mol. The van der Waals surface area contributed by atoms with Crippen molar-refractivity contribution in [2.24, 2.45) is 0 Å². The Labute approximate surface area is 60.8 Å². The number of rotatable bonds is 1. The van der Waals surface area contributed by atoms with Gasteiger partial charge in [-0.05, 0) is 18.9 Å². The van der Waals surface area contributed by atoms with E-state index in [1.807, 2.05) is 6.92 Å². The Bertz CT molecular complexity index is 189. The summed E-state index contributed by atoms with van der Waals surface area (Å²) in [6, 6.07) is 0. The van der Waals surface area contributed by atoms with E-state index in [9.17, 15) is 0 Å². The van der Waals surface area contributed by atoms with Crippen LogP contribution in [0.25, 0.3) is 0 Å². The van der Waals surface area contributed by atoms with Crippen LogP contribution < -0.4 is 0 Å². The molecule has 0 atom stereocenters. The highest BCUT2D eigenvalue weighted by molar-refractivity contribution is 5.25. The van der Waals surface area contributed by atoms with Crippen molar-refractivity contribution in [3.05, 3.63) is 23.2 Å². The van der Waals surface area contributed by atoms with Crippen LogP contribution in [-0.2, 0) is 4.74 Å². The quantitative estimate of drug-likeness (QED) is 0.604. The Kier molecular flexibility index (Phi) is 2.00. The number of aliphatic hydroxyl groups is 1. The molecule has 0 saturated heterocycles. The van der Waals surface area contributed by atoms with Crippen LogP contribution in [0.2, 0.25) is 0 Å². The van der Waals surface area contributed by atoms with E-state index in [0.717, 1.165) is 18.6 Å². The molecule has 0 radical (unpaired) electrons. The minimum Gasteiger partial charge on any atom is -0.512 e. The van der Waals surface area contributed by atoms with E-state index in [-0.39, 0.29) is 0 Å². The second-order valence-corrected chi connectivity index (χ2v) is 2.48. The lowest BCUT2D eigenvalue weighted by Crippen LogP contribution is -1.97. The predicted octanol–water partition coefficient (Wildman–Crippen LogP) is 2.14. The molecule has 2 nitrogen and oxygen atoms in total. The molecule has 2 heteroatoms. The van der Waals surface area contributed by atoms with E-state index in [1.165, 1.54) is 5.57 Å². The summed E-state index contributed by atoms with van der Waals surface area (Å²) in [6.45, 7) is 2.02. The fourth-order valence-corrected chi connectivity index (χ4v) is 1.02. The highest BCUT2D eigenvalue weighted by atomic mass is 16.5. The SMILES string of the molecule is COC1=C(C)CCC(O)=C1. The van der Waals surface area contributed by atoms with Crippen molar-refractivity contribution in [1.82, 2.24) is 0 Å². The van der Waals surface area contributed by atoms with Gasteiger partial charge in [0.25, 0.3) is 0 Å². The number of methoxy groups -OCH3 is 1. The Morgan fingerprint density at radius 1 is 1.50 bits per heavy atom. The third kappa shape index (κ3) is 1.32. The number of allylic oxidation sites excluding steroid dienone is 3. The first kappa shape index (κ1) is 7.19. The average molecular weight is 140 g/mol. The highest BCUT2D eigenvalue weighted by Gasteiger charge is 2.08. The Morgan fingerprint density at radius 2 is 2.20 bits per heavy atom. The summed E-state index contributed by atoms with van der Waals surface area (Å²) < 4.78 is 5.02. The van der Waals surface area contributed by atoms with Crippen LogP contribution in [0, 0.1) is 0 Å². The molecule has 1 aliphatic rings. The Balaban J connectivity index is 2.82. The van der Waals surface area contributed by atoms with Crippen LogP contribution in [-0.4, -0.2) is 12.2 Å². The van der Waals surface area contributed by atoms with Crippen LogP contribution in [0.4, 0.5) is 0 Å². The molecule has 0 unspecified atom stereocenters. The first-order valence-electron chi connectivity index (χ1n) is 3.37. The van der Waals surface area contributed by atoms with Gasteiger partial charge in [-0.15, -0.1) is 0 Å². The van der Waals surface area contributed by atoms with Gasteiger partial charge >= 0.3 is 0 Å². The van der Waals surface area contributed by atoms with Crippen molar-refractivity contribution in [1.29, 1.82) is 0 Å². The molecule has 0 bridgehead atoms. The first-order chi connectivity index (χ1) is 4.74. The van der Waals surface area contributed by atoms with E-state index < -0.39 is 0 Å². The summed E-state index contributed by atoms with van der Waals surface area (Å²) in [4.78, 5) is 0. The van der Waals surface area contributed by atoms with Gasteiger partial charge in [-0.3, -0.25) is 0 Å². The molecule has 0 aromatic heterocycles. The van der Waals surface area contributed by atoms with Gasteiger partial charge in [0.15, 0.2) is 0 Å². The monoisotopic (exact) mass is 140 g/mol. The highest BCUT2D eigenvalue weighted by Crippen LogP contribution is 2.21. The number of hydrogen-bond donors (Lipinski definition) is 1. The molecule has 0 aromatic carbocycles. The summed E-state index contributed by atoms with van der Waals surface area (Å²) in [5.41, 5.74) is 1.21. The molecule has 0 fully saturated rings. The van der Waals surface area contributed by atoms with Gasteiger partial charge in [-0.1, -0.05) is 0 Å². The van der Waals surface area contributed by atoms with Crippen molar-refractivity contribution in [3.8, 4) is 0 Å². The van der Waals surface area contributed by atoms with E-state index >= 15 is 0 Å². The van der Waals surface area contributed by atoms with Crippen molar-refractivity contribution in [2.75, 3.05) is 7.11 Å². The molecule has 56 valence electrons. The minimum atomic E-state index is 0.419. The molecule has 0 spiro atoms. The largest absolute Gasteiger partial charge is 0.512 e. The lowest BCUT2D eigenvalue weighted by atomic mass is 10.0. The van der Waals surface area contributed by atoms with Gasteiger partial charge in [0.05, 0.1) is 12.9 Å². The number of hydrogen-bond acceptors (Lipinski definition) is 2. The van der Waals surface area contributed by atoms with Crippen LogP contribution in [0.5, 0.6) is 0 Å². The average Bonchev–Trinajstić information content (AvgIpc) is 1.94. The van der Waals surface area contributed by atoms with Crippen molar-refractivity contribution >= 4 is 0 Å². The van der Waals surface area contributed by atoms with Crippen molar-refractivity contribution < 1.29 is 9.84 Å². The lowest BCUT2D eigenvalue weighted by molar-refractivity contribution is 0.287. The van der Waals surface area contributed by atoms with Gasteiger partial charge < -0.3 is 9.84 Å². The summed E-state index contributed by atoms with van der Waals surface area (Å²) in [6.07, 6.45) is 3.34. The molecular formula is C8H12O2. The Morgan fingerprint density at radius 3 is 2.70 bits per heavy atom. The maximum atomic E-state index is 9.08. The summed E-state index contributed by atoms with van der Waals surface area (Å²) in [5, 5.41) is 9.08. The molecule has 1 N–H and O–H groups in total. The maximum Gasteiger partial charge on any atom is 0.121 e. The van der Waals surface area contributed by atoms with E-state index in [0.29, 0.717) is 5.76 Å². The van der Waals surface area contributed by atoms with Gasteiger partial charge in [-0.25, -0.2) is 0 Å². The number of aliphatic hydroxyl groups excluding tert-OH is 1. The second-order valence-electron chi connectivity index (χ2n) is 2.48. The zero-order valence-electron chi connectivity index (χ0n) is 6.35. The van der Waals surface area contributed by atoms with Gasteiger partial charge in [0, 0.05) is 12.5 Å². The fourth-order valence-electron chi connectivity index (χ4n) is 1.02. The molecular weight excluding hydrogens is 128 g/mol. The van der Waals surface area contributed by atoms with Crippen molar-refractivity contribution in [3.63, 3.8) is 0 Å². The second kappa shape index (κ2) is 2.78. The maximum absolute atomic E-state index is 9.08. The molecule has 10 heavy (non-hydrogen) atoms. The summed E-state index contributed by atoms with van der Waals surface area (Å²) in [5.74, 6) is 1.23. The Hall–Kier alpha value is -0.920. The lowest BCUT2D eigenvalue weighted by Gasteiger charge is -2.12. The topological polar surface area (TPSA) is 29.5 Å². The van der Waals surface area contributed by atoms with Crippen LogP contribution in [0.15, 0.2) is 23.2 Å². The van der Waals surface area contributed by atoms with Crippen LogP contribution in [0.3, 0.4) is 0 Å². The third-order valence-corrected chi connectivity index (χ3v) is 1.69. The number of ether oxygens (including phenoxy) is 1. The molecule has 1 rings (SSSR count). The molecule has 0 heterocycles. The van der Waals surface area contributed by atoms with E-state index in [1.54, 1.807) is 13.2 Å². The van der Waals surface area contributed by atoms with E-state index in [4.69, 9.17) is 9.84 Å². The van der Waals surface area contributed by atoms with E-state index in [2.05, 4.69) is 0 Å². The molecule has 1 aliphatic carbocycles. The molecule has 0 saturated carbocycles. The standard InChI is InChI=1S/C8H12O2/c1-6-3-4-7(9)5-8(6)10-2/h5,9H,3-4H2,1-2H3. The zero-order chi connectivity index (χ0) is 7.56.